The molecule has 0 aliphatic heterocycles. The molecule has 0 N–H and O–H groups in total. The standard InChI is InChI=1S/C17H21BrS/c1-5-13-7-8-15(10-14(13)6-2)17(18)16-9-11(3)12(4)19-16/h7-10,17H,5-6H2,1-4H3. The molecule has 0 spiro atoms. The maximum Gasteiger partial charge on any atom is 0.0738 e. The van der Waals surface area contributed by atoms with Crippen LogP contribution in [0, 0.1) is 13.8 Å². The van der Waals surface area contributed by atoms with Crippen molar-refractivity contribution in [1.82, 2.24) is 0 Å². The summed E-state index contributed by atoms with van der Waals surface area (Å²) in [5.74, 6) is 0. The molecule has 0 saturated heterocycles. The van der Waals surface area contributed by atoms with Crippen LogP contribution in [0.25, 0.3) is 0 Å². The molecule has 2 heteroatoms. The summed E-state index contributed by atoms with van der Waals surface area (Å²) < 4.78 is 0. The van der Waals surface area contributed by atoms with Gasteiger partial charge < -0.3 is 0 Å². The van der Waals surface area contributed by atoms with Crippen molar-refractivity contribution < 1.29 is 0 Å². The number of halogens is 1. The first-order valence-electron chi connectivity index (χ1n) is 6.89. The van der Waals surface area contributed by atoms with Gasteiger partial charge in [0.05, 0.1) is 4.83 Å². The molecule has 1 aromatic carbocycles. The highest BCUT2D eigenvalue weighted by molar-refractivity contribution is 9.09. The Hall–Kier alpha value is -0.600. The van der Waals surface area contributed by atoms with Crippen molar-refractivity contribution in [2.75, 3.05) is 0 Å². The molecule has 1 unspecified atom stereocenters. The minimum absolute atomic E-state index is 0.320. The molecule has 0 amide bonds. The van der Waals surface area contributed by atoms with Gasteiger partial charge in [0.1, 0.15) is 0 Å². The van der Waals surface area contributed by atoms with Crippen LogP contribution in [0.4, 0.5) is 0 Å². The van der Waals surface area contributed by atoms with E-state index in [-0.39, 0.29) is 0 Å². The average Bonchev–Trinajstić information content (AvgIpc) is 2.77. The quantitative estimate of drug-likeness (QED) is 0.603. The predicted molar refractivity (Wildman–Crippen MR) is 89.8 cm³/mol. The second-order valence-electron chi connectivity index (χ2n) is 4.99. The van der Waals surface area contributed by atoms with Gasteiger partial charge >= 0.3 is 0 Å². The van der Waals surface area contributed by atoms with E-state index in [1.165, 1.54) is 32.0 Å². The smallest absolute Gasteiger partial charge is 0.0738 e. The molecule has 19 heavy (non-hydrogen) atoms. The number of rotatable bonds is 4. The highest BCUT2D eigenvalue weighted by Gasteiger charge is 2.15. The molecule has 1 aromatic heterocycles. The van der Waals surface area contributed by atoms with E-state index in [0.717, 1.165) is 12.8 Å². The largest absolute Gasteiger partial charge is 0.144 e. The van der Waals surface area contributed by atoms with Gasteiger partial charge in [-0.15, -0.1) is 11.3 Å². The third kappa shape index (κ3) is 3.11. The first kappa shape index (κ1) is 14.8. The lowest BCUT2D eigenvalue weighted by Gasteiger charge is -2.12. The molecule has 0 aliphatic rings. The monoisotopic (exact) mass is 336 g/mol. The summed E-state index contributed by atoms with van der Waals surface area (Å²) in [5.41, 5.74) is 5.72. The molecular weight excluding hydrogens is 316 g/mol. The highest BCUT2D eigenvalue weighted by Crippen LogP contribution is 2.37. The van der Waals surface area contributed by atoms with Crippen molar-refractivity contribution >= 4 is 27.3 Å². The van der Waals surface area contributed by atoms with Gasteiger partial charge in [-0.05, 0) is 55.0 Å². The minimum atomic E-state index is 0.320. The summed E-state index contributed by atoms with van der Waals surface area (Å²) >= 11 is 5.76. The van der Waals surface area contributed by atoms with Gasteiger partial charge in [-0.2, -0.15) is 0 Å². The molecular formula is C17H21BrS. The van der Waals surface area contributed by atoms with Crippen LogP contribution < -0.4 is 0 Å². The van der Waals surface area contributed by atoms with Gasteiger partial charge in [0, 0.05) is 9.75 Å². The zero-order valence-corrected chi connectivity index (χ0v) is 14.5. The van der Waals surface area contributed by atoms with Crippen LogP contribution in [-0.4, -0.2) is 0 Å². The lowest BCUT2D eigenvalue weighted by molar-refractivity contribution is 1.02. The molecule has 0 nitrogen and oxygen atoms in total. The van der Waals surface area contributed by atoms with Crippen LogP contribution >= 0.6 is 27.3 Å². The number of aryl methyl sites for hydroxylation is 4. The van der Waals surface area contributed by atoms with E-state index in [1.807, 2.05) is 11.3 Å². The molecule has 0 aliphatic carbocycles. The SMILES string of the molecule is CCc1ccc(C(Br)c2cc(C)c(C)s2)cc1CC. The van der Waals surface area contributed by atoms with Gasteiger partial charge in [-0.1, -0.05) is 48.0 Å². The second kappa shape index (κ2) is 6.23. The summed E-state index contributed by atoms with van der Waals surface area (Å²) in [6, 6.07) is 9.22. The molecule has 1 atom stereocenters. The Morgan fingerprint density at radius 2 is 1.74 bits per heavy atom. The van der Waals surface area contributed by atoms with Crippen molar-refractivity contribution in [2.45, 2.75) is 45.4 Å². The van der Waals surface area contributed by atoms with E-state index < -0.39 is 0 Å². The van der Waals surface area contributed by atoms with Crippen molar-refractivity contribution in [3.8, 4) is 0 Å². The van der Waals surface area contributed by atoms with E-state index in [9.17, 15) is 0 Å². The molecule has 0 fully saturated rings. The zero-order chi connectivity index (χ0) is 14.0. The van der Waals surface area contributed by atoms with Gasteiger partial charge in [0.2, 0.25) is 0 Å². The Balaban J connectivity index is 2.35. The zero-order valence-electron chi connectivity index (χ0n) is 12.1. The summed E-state index contributed by atoms with van der Waals surface area (Å²) in [6.45, 7) is 8.85. The number of benzene rings is 1. The van der Waals surface area contributed by atoms with Crippen LogP contribution in [0.3, 0.4) is 0 Å². The van der Waals surface area contributed by atoms with Crippen LogP contribution in [0.1, 0.15) is 50.7 Å². The highest BCUT2D eigenvalue weighted by atomic mass is 79.9. The van der Waals surface area contributed by atoms with E-state index in [4.69, 9.17) is 0 Å². The van der Waals surface area contributed by atoms with E-state index in [1.54, 1.807) is 0 Å². The van der Waals surface area contributed by atoms with Gasteiger partial charge in [-0.25, -0.2) is 0 Å². The van der Waals surface area contributed by atoms with Gasteiger partial charge in [-0.3, -0.25) is 0 Å². The fraction of sp³-hybridized carbons (Fsp3) is 0.412. The van der Waals surface area contributed by atoms with Crippen LogP contribution in [0.5, 0.6) is 0 Å². The van der Waals surface area contributed by atoms with Crippen LogP contribution in [0.15, 0.2) is 24.3 Å². The van der Waals surface area contributed by atoms with Crippen molar-refractivity contribution in [3.63, 3.8) is 0 Å². The Morgan fingerprint density at radius 1 is 1.05 bits per heavy atom. The third-order valence-electron chi connectivity index (χ3n) is 3.72. The summed E-state index contributed by atoms with van der Waals surface area (Å²) in [4.78, 5) is 3.14. The maximum absolute atomic E-state index is 3.86. The average molecular weight is 337 g/mol. The first-order valence-corrected chi connectivity index (χ1v) is 8.62. The number of hydrogen-bond acceptors (Lipinski definition) is 1. The summed E-state index contributed by atoms with van der Waals surface area (Å²) in [7, 11) is 0. The Morgan fingerprint density at radius 3 is 2.26 bits per heavy atom. The number of alkyl halides is 1. The molecule has 0 bridgehead atoms. The van der Waals surface area contributed by atoms with Crippen LogP contribution in [-0.2, 0) is 12.8 Å². The fourth-order valence-electron chi connectivity index (χ4n) is 2.37. The Kier molecular flexibility index (Phi) is 4.86. The topological polar surface area (TPSA) is 0 Å². The van der Waals surface area contributed by atoms with E-state index in [2.05, 4.69) is 67.9 Å². The van der Waals surface area contributed by atoms with Gasteiger partial charge in [0.25, 0.3) is 0 Å². The molecule has 0 saturated carbocycles. The molecule has 1 heterocycles. The Bertz CT molecular complexity index is 549. The molecule has 102 valence electrons. The number of hydrogen-bond donors (Lipinski definition) is 0. The molecule has 2 aromatic rings. The number of thiophene rings is 1. The lowest BCUT2D eigenvalue weighted by Crippen LogP contribution is -1.96. The third-order valence-corrected chi connectivity index (χ3v) is 6.26. The predicted octanol–water partition coefficient (Wildman–Crippen LogP) is 5.97. The normalized spacial score (nSPS) is 12.7. The van der Waals surface area contributed by atoms with E-state index >= 15 is 0 Å². The fourth-order valence-corrected chi connectivity index (χ4v) is 4.11. The Labute approximate surface area is 129 Å². The maximum atomic E-state index is 3.86. The van der Waals surface area contributed by atoms with Gasteiger partial charge in [0.15, 0.2) is 0 Å². The summed E-state index contributed by atoms with van der Waals surface area (Å²) in [5, 5.41) is 0. The minimum Gasteiger partial charge on any atom is -0.144 e. The van der Waals surface area contributed by atoms with Crippen molar-refractivity contribution in [2.24, 2.45) is 0 Å². The second-order valence-corrected chi connectivity index (χ2v) is 7.19. The van der Waals surface area contributed by atoms with Crippen molar-refractivity contribution in [1.29, 1.82) is 0 Å². The molecule has 0 radical (unpaired) electrons. The lowest BCUT2D eigenvalue weighted by atomic mass is 9.98. The first-order chi connectivity index (χ1) is 9.06. The van der Waals surface area contributed by atoms with Crippen LogP contribution in [0.2, 0.25) is 0 Å². The van der Waals surface area contributed by atoms with Crippen molar-refractivity contribution in [3.05, 3.63) is 56.3 Å². The van der Waals surface area contributed by atoms with E-state index in [0.29, 0.717) is 4.83 Å². The molecule has 2 rings (SSSR count). The summed E-state index contributed by atoms with van der Waals surface area (Å²) in [6.07, 6.45) is 2.23.